The highest BCUT2D eigenvalue weighted by atomic mass is 19.1. The summed E-state index contributed by atoms with van der Waals surface area (Å²) in [6.45, 7) is 1.91. The fourth-order valence-electron chi connectivity index (χ4n) is 3.04. The third-order valence-corrected chi connectivity index (χ3v) is 4.82. The van der Waals surface area contributed by atoms with Crippen LogP contribution in [-0.4, -0.2) is 60.0 Å². The van der Waals surface area contributed by atoms with Crippen LogP contribution in [0.1, 0.15) is 17.7 Å². The average Bonchev–Trinajstić information content (AvgIpc) is 3.27. The number of methoxy groups -OCH3 is 1. The second-order valence-electron chi connectivity index (χ2n) is 7.32. The molecule has 0 fully saturated rings. The number of ether oxygens (including phenoxy) is 2. The normalized spacial score (nSPS) is 10.7. The molecule has 9 heteroatoms. The predicted octanol–water partition coefficient (Wildman–Crippen LogP) is 3.41. The molecule has 0 unspecified atom stereocenters. The van der Waals surface area contributed by atoms with Gasteiger partial charge < -0.3 is 19.7 Å². The topological polar surface area (TPSA) is 92.4 Å². The molecule has 2 N–H and O–H groups in total. The standard InChI is InChI=1S/C23H28FN5O3/c1-29(23(30)26-16-17-8-9-22(25-15-17)32-12-11-31-2)10-4-7-20-14-21(28-27-20)18-5-3-6-19(24)13-18/h3,5-6,8-9,13-15H,4,7,10-12,16H2,1-2H3,(H,26,30)(H,27,28). The van der Waals surface area contributed by atoms with E-state index in [1.54, 1.807) is 37.4 Å². The number of rotatable bonds is 11. The summed E-state index contributed by atoms with van der Waals surface area (Å²) in [5.41, 5.74) is 3.26. The molecular weight excluding hydrogens is 413 g/mol. The van der Waals surface area contributed by atoms with E-state index in [1.807, 2.05) is 18.2 Å². The molecule has 170 valence electrons. The largest absolute Gasteiger partial charge is 0.475 e. The van der Waals surface area contributed by atoms with E-state index < -0.39 is 0 Å². The van der Waals surface area contributed by atoms with Crippen LogP contribution in [0.25, 0.3) is 11.3 Å². The number of aryl methyl sites for hydroxylation is 1. The Bertz CT molecular complexity index is 993. The van der Waals surface area contributed by atoms with Crippen molar-refractivity contribution < 1.29 is 18.7 Å². The van der Waals surface area contributed by atoms with Gasteiger partial charge in [-0.25, -0.2) is 14.2 Å². The molecule has 0 aliphatic carbocycles. The Labute approximate surface area is 186 Å². The molecular formula is C23H28FN5O3. The SMILES string of the molecule is COCCOc1ccc(CNC(=O)N(C)CCCc2cc(-c3cccc(F)c3)n[nH]2)cn1. The van der Waals surface area contributed by atoms with Crippen LogP contribution in [0.5, 0.6) is 5.88 Å². The zero-order chi connectivity index (χ0) is 22.8. The Morgan fingerprint density at radius 2 is 2.09 bits per heavy atom. The van der Waals surface area contributed by atoms with Crippen molar-refractivity contribution in [3.05, 3.63) is 65.7 Å². The Morgan fingerprint density at radius 3 is 2.84 bits per heavy atom. The molecule has 3 aromatic rings. The number of H-pyrrole nitrogens is 1. The maximum atomic E-state index is 13.4. The average molecular weight is 442 g/mol. The Kier molecular flexibility index (Phi) is 8.56. The number of carbonyl (C=O) groups excluding carboxylic acids is 1. The summed E-state index contributed by atoms with van der Waals surface area (Å²) >= 11 is 0. The van der Waals surface area contributed by atoms with Gasteiger partial charge in [0.1, 0.15) is 12.4 Å². The lowest BCUT2D eigenvalue weighted by atomic mass is 10.1. The van der Waals surface area contributed by atoms with E-state index in [4.69, 9.17) is 9.47 Å². The van der Waals surface area contributed by atoms with Crippen LogP contribution in [0, 0.1) is 5.82 Å². The number of pyridine rings is 1. The summed E-state index contributed by atoms with van der Waals surface area (Å²) in [6.07, 6.45) is 3.18. The van der Waals surface area contributed by atoms with Crippen molar-refractivity contribution in [2.24, 2.45) is 0 Å². The maximum Gasteiger partial charge on any atom is 0.317 e. The molecule has 8 nitrogen and oxygen atoms in total. The van der Waals surface area contributed by atoms with E-state index in [0.717, 1.165) is 29.7 Å². The van der Waals surface area contributed by atoms with Gasteiger partial charge in [0.25, 0.3) is 0 Å². The van der Waals surface area contributed by atoms with Crippen molar-refractivity contribution >= 4 is 6.03 Å². The number of halogens is 1. The van der Waals surface area contributed by atoms with Gasteiger partial charge in [-0.15, -0.1) is 0 Å². The fourth-order valence-corrected chi connectivity index (χ4v) is 3.04. The van der Waals surface area contributed by atoms with E-state index in [0.29, 0.717) is 37.9 Å². The van der Waals surface area contributed by atoms with Crippen LogP contribution in [0.3, 0.4) is 0 Å². The Balaban J connectivity index is 1.38. The number of hydrogen-bond donors (Lipinski definition) is 2. The quantitative estimate of drug-likeness (QED) is 0.445. The molecule has 0 atom stereocenters. The minimum absolute atomic E-state index is 0.157. The molecule has 2 aromatic heterocycles. The first kappa shape index (κ1) is 23.2. The van der Waals surface area contributed by atoms with Gasteiger partial charge in [0, 0.05) is 50.8 Å². The summed E-state index contributed by atoms with van der Waals surface area (Å²) in [7, 11) is 3.37. The Hall–Kier alpha value is -3.46. The number of nitrogens with one attached hydrogen (secondary N) is 2. The van der Waals surface area contributed by atoms with E-state index in [2.05, 4.69) is 20.5 Å². The number of urea groups is 1. The van der Waals surface area contributed by atoms with Gasteiger partial charge in [-0.05, 0) is 36.6 Å². The molecule has 2 amide bonds. The van der Waals surface area contributed by atoms with Gasteiger partial charge in [-0.2, -0.15) is 5.10 Å². The van der Waals surface area contributed by atoms with Crippen molar-refractivity contribution in [3.63, 3.8) is 0 Å². The lowest BCUT2D eigenvalue weighted by Crippen LogP contribution is -2.37. The molecule has 0 saturated carbocycles. The minimum Gasteiger partial charge on any atom is -0.475 e. The molecule has 0 aliphatic rings. The first-order chi connectivity index (χ1) is 15.5. The van der Waals surface area contributed by atoms with E-state index in [1.165, 1.54) is 12.1 Å². The van der Waals surface area contributed by atoms with Crippen LogP contribution >= 0.6 is 0 Å². The Morgan fingerprint density at radius 1 is 1.22 bits per heavy atom. The van der Waals surface area contributed by atoms with Crippen LogP contribution in [-0.2, 0) is 17.7 Å². The maximum absolute atomic E-state index is 13.4. The van der Waals surface area contributed by atoms with Crippen LogP contribution in [0.15, 0.2) is 48.7 Å². The number of nitrogens with zero attached hydrogens (tertiary/aromatic N) is 3. The van der Waals surface area contributed by atoms with Gasteiger partial charge in [0.2, 0.25) is 5.88 Å². The van der Waals surface area contributed by atoms with Crippen molar-refractivity contribution in [3.8, 4) is 17.1 Å². The highest BCUT2D eigenvalue weighted by molar-refractivity contribution is 5.73. The van der Waals surface area contributed by atoms with Gasteiger partial charge >= 0.3 is 6.03 Å². The molecule has 0 spiro atoms. The monoisotopic (exact) mass is 441 g/mol. The summed E-state index contributed by atoms with van der Waals surface area (Å²) in [5, 5.41) is 10.1. The third kappa shape index (κ3) is 7.05. The third-order valence-electron chi connectivity index (χ3n) is 4.82. The van der Waals surface area contributed by atoms with Crippen LogP contribution in [0.2, 0.25) is 0 Å². The smallest absolute Gasteiger partial charge is 0.317 e. The summed E-state index contributed by atoms with van der Waals surface area (Å²) < 4.78 is 23.7. The van der Waals surface area contributed by atoms with Crippen LogP contribution < -0.4 is 10.1 Å². The first-order valence-electron chi connectivity index (χ1n) is 10.4. The number of amides is 2. The van der Waals surface area contributed by atoms with Gasteiger partial charge in [-0.1, -0.05) is 18.2 Å². The molecule has 0 bridgehead atoms. The van der Waals surface area contributed by atoms with Gasteiger partial charge in [0.05, 0.1) is 12.3 Å². The van der Waals surface area contributed by atoms with Crippen molar-refractivity contribution in [2.75, 3.05) is 33.9 Å². The zero-order valence-corrected chi connectivity index (χ0v) is 18.3. The number of carbonyl (C=O) groups is 1. The molecule has 3 rings (SSSR count). The number of hydrogen-bond acceptors (Lipinski definition) is 5. The lowest BCUT2D eigenvalue weighted by molar-refractivity contribution is 0.143. The molecule has 0 saturated heterocycles. The van der Waals surface area contributed by atoms with Crippen molar-refractivity contribution in [1.29, 1.82) is 0 Å². The van der Waals surface area contributed by atoms with Crippen molar-refractivity contribution in [1.82, 2.24) is 25.4 Å². The van der Waals surface area contributed by atoms with Crippen LogP contribution in [0.4, 0.5) is 9.18 Å². The predicted molar refractivity (Wildman–Crippen MR) is 119 cm³/mol. The summed E-state index contributed by atoms with van der Waals surface area (Å²) in [4.78, 5) is 18.2. The van der Waals surface area contributed by atoms with Gasteiger partial charge in [-0.3, -0.25) is 5.10 Å². The summed E-state index contributed by atoms with van der Waals surface area (Å²) in [5.74, 6) is 0.232. The number of aromatic amines is 1. The van der Waals surface area contributed by atoms with Gasteiger partial charge in [0.15, 0.2) is 0 Å². The molecule has 0 radical (unpaired) electrons. The minimum atomic E-state index is -0.290. The highest BCUT2D eigenvalue weighted by Crippen LogP contribution is 2.19. The second-order valence-corrected chi connectivity index (χ2v) is 7.32. The molecule has 0 aliphatic heterocycles. The van der Waals surface area contributed by atoms with Crippen molar-refractivity contribution in [2.45, 2.75) is 19.4 Å². The van der Waals surface area contributed by atoms with E-state index in [9.17, 15) is 9.18 Å². The fraction of sp³-hybridized carbons (Fsp3) is 0.348. The first-order valence-corrected chi connectivity index (χ1v) is 10.4. The second kappa shape index (κ2) is 11.8. The highest BCUT2D eigenvalue weighted by Gasteiger charge is 2.10. The summed E-state index contributed by atoms with van der Waals surface area (Å²) in [6, 6.07) is 11.7. The lowest BCUT2D eigenvalue weighted by Gasteiger charge is -2.17. The van der Waals surface area contributed by atoms with E-state index in [-0.39, 0.29) is 11.8 Å². The number of benzene rings is 1. The molecule has 2 heterocycles. The zero-order valence-electron chi connectivity index (χ0n) is 18.3. The van der Waals surface area contributed by atoms with E-state index >= 15 is 0 Å². The molecule has 32 heavy (non-hydrogen) atoms. The number of aromatic nitrogens is 3. The molecule has 1 aromatic carbocycles.